The zero-order valence-electron chi connectivity index (χ0n) is 11.2. The average molecular weight is 256 g/mol. The summed E-state index contributed by atoms with van der Waals surface area (Å²) in [5.41, 5.74) is 1.98. The molecule has 0 spiro atoms. The molecule has 2 heterocycles. The Morgan fingerprint density at radius 1 is 1.16 bits per heavy atom. The Labute approximate surface area is 111 Å². The molecule has 4 nitrogen and oxygen atoms in total. The van der Waals surface area contributed by atoms with E-state index in [0.29, 0.717) is 16.9 Å². The molecule has 0 saturated carbocycles. The molecule has 0 bridgehead atoms. The first-order valence-electron chi connectivity index (χ1n) is 6.29. The zero-order chi connectivity index (χ0) is 13.8. The van der Waals surface area contributed by atoms with Gasteiger partial charge in [-0.1, -0.05) is 44.2 Å². The Bertz CT molecular complexity index is 727. The van der Waals surface area contributed by atoms with Crippen molar-refractivity contribution in [3.8, 4) is 11.1 Å². The SMILES string of the molecule is CC.Cc1oc2nc[nH]c(=O)c2c1-c1ccccc1. The van der Waals surface area contributed by atoms with Crippen LogP contribution in [0.3, 0.4) is 0 Å². The lowest BCUT2D eigenvalue weighted by atomic mass is 10.0. The summed E-state index contributed by atoms with van der Waals surface area (Å²) in [5, 5.41) is 0.510. The number of aromatic nitrogens is 2. The van der Waals surface area contributed by atoms with Crippen molar-refractivity contribution < 1.29 is 4.42 Å². The lowest BCUT2D eigenvalue weighted by molar-refractivity contribution is 0.568. The van der Waals surface area contributed by atoms with Crippen LogP contribution < -0.4 is 5.56 Å². The van der Waals surface area contributed by atoms with Gasteiger partial charge in [0.1, 0.15) is 11.1 Å². The molecule has 0 unspecified atom stereocenters. The number of fused-ring (bicyclic) bond motifs is 1. The first-order chi connectivity index (χ1) is 9.27. The fraction of sp³-hybridized carbons (Fsp3) is 0.200. The quantitative estimate of drug-likeness (QED) is 0.724. The maximum absolute atomic E-state index is 11.8. The van der Waals surface area contributed by atoms with E-state index in [1.807, 2.05) is 51.1 Å². The number of aryl methyl sites for hydroxylation is 1. The van der Waals surface area contributed by atoms with Crippen molar-refractivity contribution in [3.63, 3.8) is 0 Å². The summed E-state index contributed by atoms with van der Waals surface area (Å²) in [4.78, 5) is 18.4. The van der Waals surface area contributed by atoms with Crippen LogP contribution in [0.5, 0.6) is 0 Å². The van der Waals surface area contributed by atoms with Gasteiger partial charge in [-0.3, -0.25) is 4.79 Å². The van der Waals surface area contributed by atoms with E-state index in [1.54, 1.807) is 0 Å². The van der Waals surface area contributed by atoms with Gasteiger partial charge in [-0.15, -0.1) is 0 Å². The van der Waals surface area contributed by atoms with Gasteiger partial charge in [-0.05, 0) is 12.5 Å². The normalized spacial score (nSPS) is 10.1. The molecule has 0 aliphatic carbocycles. The Morgan fingerprint density at radius 3 is 2.53 bits per heavy atom. The predicted octanol–water partition coefficient (Wildman–Crippen LogP) is 3.52. The third-order valence-electron chi connectivity index (χ3n) is 2.73. The Balaban J connectivity index is 0.000000637. The largest absolute Gasteiger partial charge is 0.442 e. The molecular weight excluding hydrogens is 240 g/mol. The number of hydrogen-bond acceptors (Lipinski definition) is 3. The molecule has 0 aliphatic rings. The van der Waals surface area contributed by atoms with E-state index in [-0.39, 0.29) is 5.56 Å². The molecule has 0 saturated heterocycles. The number of nitrogens with zero attached hydrogens (tertiary/aromatic N) is 1. The van der Waals surface area contributed by atoms with Crippen molar-refractivity contribution in [2.24, 2.45) is 0 Å². The smallest absolute Gasteiger partial charge is 0.262 e. The van der Waals surface area contributed by atoms with Gasteiger partial charge in [-0.2, -0.15) is 0 Å². The minimum absolute atomic E-state index is 0.175. The van der Waals surface area contributed by atoms with Crippen LogP contribution >= 0.6 is 0 Å². The minimum Gasteiger partial charge on any atom is -0.442 e. The first kappa shape index (κ1) is 13.1. The summed E-state index contributed by atoms with van der Waals surface area (Å²) < 4.78 is 5.50. The van der Waals surface area contributed by atoms with E-state index in [4.69, 9.17) is 4.42 Å². The van der Waals surface area contributed by atoms with Crippen LogP contribution in [-0.4, -0.2) is 9.97 Å². The van der Waals surface area contributed by atoms with Gasteiger partial charge in [0.05, 0.1) is 6.33 Å². The molecule has 0 radical (unpaired) electrons. The highest BCUT2D eigenvalue weighted by molar-refractivity contribution is 5.93. The van der Waals surface area contributed by atoms with E-state index in [9.17, 15) is 4.79 Å². The maximum Gasteiger partial charge on any atom is 0.262 e. The van der Waals surface area contributed by atoms with Crippen LogP contribution in [0.1, 0.15) is 19.6 Å². The highest BCUT2D eigenvalue weighted by atomic mass is 16.3. The predicted molar refractivity (Wildman–Crippen MR) is 76.2 cm³/mol. The number of furan rings is 1. The third-order valence-corrected chi connectivity index (χ3v) is 2.73. The van der Waals surface area contributed by atoms with Gasteiger partial charge in [0, 0.05) is 5.56 Å². The van der Waals surface area contributed by atoms with Gasteiger partial charge >= 0.3 is 0 Å². The van der Waals surface area contributed by atoms with Crippen LogP contribution in [0.15, 0.2) is 45.9 Å². The Kier molecular flexibility index (Phi) is 3.80. The van der Waals surface area contributed by atoms with Gasteiger partial charge in [0.25, 0.3) is 5.56 Å². The topological polar surface area (TPSA) is 58.9 Å². The standard InChI is InChI=1S/C13H10N2O2.C2H6/c1-8-10(9-5-3-2-4-6-9)11-12(16)14-7-15-13(11)17-8;1-2/h2-7H,1H3,(H,14,15,16);1-2H3. The summed E-state index contributed by atoms with van der Waals surface area (Å²) in [6.45, 7) is 5.84. The summed E-state index contributed by atoms with van der Waals surface area (Å²) in [7, 11) is 0. The van der Waals surface area contributed by atoms with E-state index >= 15 is 0 Å². The maximum atomic E-state index is 11.8. The monoisotopic (exact) mass is 256 g/mol. The van der Waals surface area contributed by atoms with Gasteiger partial charge in [0.15, 0.2) is 0 Å². The molecule has 3 aromatic rings. The number of aromatic amines is 1. The van der Waals surface area contributed by atoms with Crippen LogP contribution in [0.4, 0.5) is 0 Å². The molecule has 2 aromatic heterocycles. The lowest BCUT2D eigenvalue weighted by Gasteiger charge is -1.98. The van der Waals surface area contributed by atoms with Crippen LogP contribution in [-0.2, 0) is 0 Å². The zero-order valence-corrected chi connectivity index (χ0v) is 11.2. The Morgan fingerprint density at radius 2 is 1.84 bits per heavy atom. The molecule has 0 aliphatic heterocycles. The molecule has 1 N–H and O–H groups in total. The van der Waals surface area contributed by atoms with Gasteiger partial charge in [-0.25, -0.2) is 4.98 Å². The lowest BCUT2D eigenvalue weighted by Crippen LogP contribution is -2.05. The third kappa shape index (κ3) is 2.29. The number of benzene rings is 1. The van der Waals surface area contributed by atoms with E-state index < -0.39 is 0 Å². The summed E-state index contributed by atoms with van der Waals surface area (Å²) in [6, 6.07) is 9.69. The molecule has 98 valence electrons. The molecule has 3 rings (SSSR count). The second-order valence-corrected chi connectivity index (χ2v) is 3.81. The highest BCUT2D eigenvalue weighted by Gasteiger charge is 2.16. The van der Waals surface area contributed by atoms with Crippen molar-refractivity contribution in [2.75, 3.05) is 0 Å². The van der Waals surface area contributed by atoms with Crippen LogP contribution in [0, 0.1) is 6.92 Å². The van der Waals surface area contributed by atoms with Crippen molar-refractivity contribution in [2.45, 2.75) is 20.8 Å². The van der Waals surface area contributed by atoms with Gasteiger partial charge in [0.2, 0.25) is 5.71 Å². The number of nitrogens with one attached hydrogen (secondary N) is 1. The first-order valence-corrected chi connectivity index (χ1v) is 6.29. The summed E-state index contributed by atoms with van der Waals surface area (Å²) >= 11 is 0. The average Bonchev–Trinajstić information content (AvgIpc) is 2.79. The van der Waals surface area contributed by atoms with Crippen molar-refractivity contribution >= 4 is 11.1 Å². The molecule has 4 heteroatoms. The van der Waals surface area contributed by atoms with E-state index in [0.717, 1.165) is 11.1 Å². The molecule has 19 heavy (non-hydrogen) atoms. The van der Waals surface area contributed by atoms with Crippen LogP contribution in [0.25, 0.3) is 22.2 Å². The molecule has 0 atom stereocenters. The summed E-state index contributed by atoms with van der Waals surface area (Å²) in [6.07, 6.45) is 1.35. The fourth-order valence-corrected chi connectivity index (χ4v) is 2.01. The second-order valence-electron chi connectivity index (χ2n) is 3.81. The van der Waals surface area contributed by atoms with E-state index in [2.05, 4.69) is 9.97 Å². The molecule has 1 aromatic carbocycles. The molecule has 0 fully saturated rings. The number of rotatable bonds is 1. The van der Waals surface area contributed by atoms with Crippen LogP contribution in [0.2, 0.25) is 0 Å². The van der Waals surface area contributed by atoms with Crippen molar-refractivity contribution in [3.05, 3.63) is 52.8 Å². The molecular formula is C15H16N2O2. The summed E-state index contributed by atoms with van der Waals surface area (Å²) in [5.74, 6) is 0.704. The van der Waals surface area contributed by atoms with Gasteiger partial charge < -0.3 is 9.40 Å². The second kappa shape index (κ2) is 5.52. The van der Waals surface area contributed by atoms with Crippen molar-refractivity contribution in [1.29, 1.82) is 0 Å². The van der Waals surface area contributed by atoms with E-state index in [1.165, 1.54) is 6.33 Å². The minimum atomic E-state index is -0.175. The Hall–Kier alpha value is -2.36. The number of H-pyrrole nitrogens is 1. The fourth-order valence-electron chi connectivity index (χ4n) is 2.01. The highest BCUT2D eigenvalue weighted by Crippen LogP contribution is 2.30. The molecule has 0 amide bonds. The van der Waals surface area contributed by atoms with Crippen molar-refractivity contribution in [1.82, 2.24) is 9.97 Å². The number of hydrogen-bond donors (Lipinski definition) is 1.